The van der Waals surface area contributed by atoms with Crippen molar-refractivity contribution in [3.63, 3.8) is 0 Å². The van der Waals surface area contributed by atoms with E-state index >= 15 is 0 Å². The normalized spacial score (nSPS) is 10.8. The molecule has 116 valence electrons. The minimum absolute atomic E-state index is 0.113. The number of nitrogens with one attached hydrogen (secondary N) is 1. The molecule has 0 radical (unpaired) electrons. The molecule has 0 saturated heterocycles. The smallest absolute Gasteiger partial charge is 0.251 e. The molecule has 3 nitrogen and oxygen atoms in total. The Labute approximate surface area is 134 Å². The molecule has 0 aliphatic rings. The highest BCUT2D eigenvalue weighted by atomic mass is 35.5. The molecule has 0 unspecified atom stereocenters. The van der Waals surface area contributed by atoms with Crippen LogP contribution in [0.3, 0.4) is 0 Å². The summed E-state index contributed by atoms with van der Waals surface area (Å²) in [7, 11) is 3.50. The van der Waals surface area contributed by atoms with Gasteiger partial charge in [-0.25, -0.2) is 4.39 Å². The van der Waals surface area contributed by atoms with Gasteiger partial charge in [0.1, 0.15) is 5.82 Å². The van der Waals surface area contributed by atoms with Crippen molar-refractivity contribution >= 4 is 17.5 Å². The minimum atomic E-state index is -0.297. The van der Waals surface area contributed by atoms with Crippen LogP contribution in [0.15, 0.2) is 42.5 Å². The first-order valence-corrected chi connectivity index (χ1v) is 7.31. The fourth-order valence-corrected chi connectivity index (χ4v) is 2.45. The van der Waals surface area contributed by atoms with Gasteiger partial charge in [-0.15, -0.1) is 0 Å². The van der Waals surface area contributed by atoms with Crippen molar-refractivity contribution in [2.45, 2.75) is 13.1 Å². The molecule has 0 saturated carbocycles. The number of hydrogen-bond donors (Lipinski definition) is 1. The molecular weight excluding hydrogens is 303 g/mol. The van der Waals surface area contributed by atoms with E-state index in [9.17, 15) is 9.18 Å². The fraction of sp³-hybridized carbons (Fsp3) is 0.235. The number of benzene rings is 2. The van der Waals surface area contributed by atoms with E-state index in [4.69, 9.17) is 11.6 Å². The maximum atomic E-state index is 13.8. The van der Waals surface area contributed by atoms with Crippen LogP contribution in [-0.4, -0.2) is 24.9 Å². The minimum Gasteiger partial charge on any atom is -0.355 e. The number of rotatable bonds is 5. The number of amides is 1. The van der Waals surface area contributed by atoms with E-state index in [0.29, 0.717) is 29.2 Å². The van der Waals surface area contributed by atoms with Gasteiger partial charge in [-0.1, -0.05) is 29.8 Å². The number of nitrogens with zero attached hydrogens (tertiary/aromatic N) is 1. The van der Waals surface area contributed by atoms with E-state index in [1.54, 1.807) is 31.3 Å². The van der Waals surface area contributed by atoms with Gasteiger partial charge < -0.3 is 5.32 Å². The van der Waals surface area contributed by atoms with E-state index in [-0.39, 0.29) is 11.7 Å². The van der Waals surface area contributed by atoms with Gasteiger partial charge in [0, 0.05) is 36.3 Å². The standard InChI is InChI=1S/C17H18ClFN2O/c1-20-17(22)13-8-6-12(7-9-13)10-21(2)11-14-15(18)4-3-5-16(14)19/h3-9H,10-11H2,1-2H3,(H,20,22). The maximum Gasteiger partial charge on any atom is 0.251 e. The highest BCUT2D eigenvalue weighted by Gasteiger charge is 2.10. The Morgan fingerprint density at radius 3 is 2.45 bits per heavy atom. The molecule has 2 aromatic carbocycles. The van der Waals surface area contributed by atoms with Crippen molar-refractivity contribution in [3.05, 3.63) is 70.0 Å². The van der Waals surface area contributed by atoms with E-state index in [1.807, 2.05) is 24.1 Å². The lowest BCUT2D eigenvalue weighted by molar-refractivity contribution is 0.0963. The van der Waals surface area contributed by atoms with Crippen molar-refractivity contribution in [3.8, 4) is 0 Å². The summed E-state index contributed by atoms with van der Waals surface area (Å²) < 4.78 is 13.8. The lowest BCUT2D eigenvalue weighted by Crippen LogP contribution is -2.19. The predicted octanol–water partition coefficient (Wildman–Crippen LogP) is 3.47. The zero-order valence-corrected chi connectivity index (χ0v) is 13.3. The maximum absolute atomic E-state index is 13.8. The summed E-state index contributed by atoms with van der Waals surface area (Å²) >= 11 is 6.04. The molecule has 22 heavy (non-hydrogen) atoms. The van der Waals surface area contributed by atoms with Gasteiger partial charge >= 0.3 is 0 Å². The van der Waals surface area contributed by atoms with Gasteiger partial charge in [-0.2, -0.15) is 0 Å². The van der Waals surface area contributed by atoms with Crippen LogP contribution >= 0.6 is 11.6 Å². The Morgan fingerprint density at radius 1 is 1.18 bits per heavy atom. The van der Waals surface area contributed by atoms with Crippen LogP contribution in [0.5, 0.6) is 0 Å². The molecule has 2 aromatic rings. The summed E-state index contributed by atoms with van der Waals surface area (Å²) in [4.78, 5) is 13.5. The Hall–Kier alpha value is -1.91. The van der Waals surface area contributed by atoms with E-state index in [2.05, 4.69) is 5.32 Å². The molecule has 0 fully saturated rings. The molecule has 0 aromatic heterocycles. The van der Waals surface area contributed by atoms with Crippen LogP contribution in [0, 0.1) is 5.82 Å². The highest BCUT2D eigenvalue weighted by molar-refractivity contribution is 6.31. The molecule has 0 aliphatic heterocycles. The summed E-state index contributed by atoms with van der Waals surface area (Å²) in [6.45, 7) is 1.06. The first-order valence-electron chi connectivity index (χ1n) is 6.93. The largest absolute Gasteiger partial charge is 0.355 e. The van der Waals surface area contributed by atoms with Crippen LogP contribution in [0.2, 0.25) is 5.02 Å². The summed E-state index contributed by atoms with van der Waals surface area (Å²) in [5, 5.41) is 3.01. The first-order chi connectivity index (χ1) is 10.5. The number of carbonyl (C=O) groups excluding carboxylic acids is 1. The third-order valence-electron chi connectivity index (χ3n) is 3.39. The van der Waals surface area contributed by atoms with Crippen LogP contribution in [0.1, 0.15) is 21.5 Å². The predicted molar refractivity (Wildman–Crippen MR) is 86.4 cm³/mol. The van der Waals surface area contributed by atoms with Crippen molar-refractivity contribution in [2.24, 2.45) is 0 Å². The van der Waals surface area contributed by atoms with E-state index in [1.165, 1.54) is 6.07 Å². The summed E-state index contributed by atoms with van der Waals surface area (Å²) in [6, 6.07) is 12.0. The lowest BCUT2D eigenvalue weighted by atomic mass is 10.1. The van der Waals surface area contributed by atoms with Gasteiger partial charge in [-0.3, -0.25) is 9.69 Å². The lowest BCUT2D eigenvalue weighted by Gasteiger charge is -2.18. The quantitative estimate of drug-likeness (QED) is 0.915. The molecule has 1 amide bonds. The zero-order valence-electron chi connectivity index (χ0n) is 12.6. The monoisotopic (exact) mass is 320 g/mol. The number of carbonyl (C=O) groups is 1. The van der Waals surface area contributed by atoms with Gasteiger partial charge in [0.25, 0.3) is 5.91 Å². The average molecular weight is 321 g/mol. The molecule has 0 bridgehead atoms. The van der Waals surface area contributed by atoms with Gasteiger partial charge in [-0.05, 0) is 36.9 Å². The van der Waals surface area contributed by atoms with Gasteiger partial charge in [0.15, 0.2) is 0 Å². The second-order valence-corrected chi connectivity index (χ2v) is 5.56. The second kappa shape index (κ2) is 7.38. The Bertz CT molecular complexity index is 638. The molecule has 2 rings (SSSR count). The van der Waals surface area contributed by atoms with Crippen LogP contribution in [0.4, 0.5) is 4.39 Å². The number of halogens is 2. The molecule has 1 N–H and O–H groups in total. The second-order valence-electron chi connectivity index (χ2n) is 5.15. The van der Waals surface area contributed by atoms with Crippen LogP contribution in [0.25, 0.3) is 0 Å². The topological polar surface area (TPSA) is 32.3 Å². The molecule has 0 atom stereocenters. The van der Waals surface area contributed by atoms with Gasteiger partial charge in [0.05, 0.1) is 0 Å². The third kappa shape index (κ3) is 4.06. The number of hydrogen-bond acceptors (Lipinski definition) is 2. The van der Waals surface area contributed by atoms with Crippen LogP contribution in [-0.2, 0) is 13.1 Å². The fourth-order valence-electron chi connectivity index (χ4n) is 2.23. The van der Waals surface area contributed by atoms with Crippen molar-refractivity contribution < 1.29 is 9.18 Å². The SMILES string of the molecule is CNC(=O)c1ccc(CN(C)Cc2c(F)cccc2Cl)cc1. The first kappa shape index (κ1) is 16.5. The molecule has 0 heterocycles. The zero-order chi connectivity index (χ0) is 16.1. The Balaban J connectivity index is 2.03. The third-order valence-corrected chi connectivity index (χ3v) is 3.74. The van der Waals surface area contributed by atoms with Crippen molar-refractivity contribution in [1.82, 2.24) is 10.2 Å². The average Bonchev–Trinajstić information content (AvgIpc) is 2.51. The Kier molecular flexibility index (Phi) is 5.52. The molecule has 0 aliphatic carbocycles. The summed E-state index contributed by atoms with van der Waals surface area (Å²) in [5.74, 6) is -0.410. The molecule has 5 heteroatoms. The van der Waals surface area contributed by atoms with Crippen LogP contribution < -0.4 is 5.32 Å². The van der Waals surface area contributed by atoms with E-state index < -0.39 is 0 Å². The van der Waals surface area contributed by atoms with Gasteiger partial charge in [0.2, 0.25) is 0 Å². The summed E-state index contributed by atoms with van der Waals surface area (Å²) in [6.07, 6.45) is 0. The summed E-state index contributed by atoms with van der Waals surface area (Å²) in [5.41, 5.74) is 2.15. The van der Waals surface area contributed by atoms with Crippen molar-refractivity contribution in [2.75, 3.05) is 14.1 Å². The molecule has 0 spiro atoms. The van der Waals surface area contributed by atoms with E-state index in [0.717, 1.165) is 5.56 Å². The highest BCUT2D eigenvalue weighted by Crippen LogP contribution is 2.21. The van der Waals surface area contributed by atoms with Crippen molar-refractivity contribution in [1.29, 1.82) is 0 Å². The molecular formula is C17H18ClFN2O. The Morgan fingerprint density at radius 2 is 1.86 bits per heavy atom.